The van der Waals surface area contributed by atoms with Crippen molar-refractivity contribution in [3.05, 3.63) is 0 Å². The molecule has 0 aromatic heterocycles. The molecule has 2 rings (SSSR count). The molecule has 1 heterocycles. The molecule has 1 saturated heterocycles. The highest BCUT2D eigenvalue weighted by molar-refractivity contribution is 5.85. The highest BCUT2D eigenvalue weighted by atomic mass is 16.3. The molecular formula is C15H27N3O3. The van der Waals surface area contributed by atoms with Gasteiger partial charge in [0.1, 0.15) is 0 Å². The van der Waals surface area contributed by atoms with Crippen LogP contribution in [0.1, 0.15) is 39.0 Å². The lowest BCUT2D eigenvalue weighted by Crippen LogP contribution is -2.44. The first kappa shape index (κ1) is 16.2. The van der Waals surface area contributed by atoms with Crippen molar-refractivity contribution in [1.29, 1.82) is 0 Å². The summed E-state index contributed by atoms with van der Waals surface area (Å²) in [5, 5.41) is 12.9. The molecule has 1 unspecified atom stereocenters. The SMILES string of the molecule is CN(CC(=O)NC1CC1)C(=O)CN1CCCC(C)(O)CC1. The zero-order valence-electron chi connectivity index (χ0n) is 13.1. The summed E-state index contributed by atoms with van der Waals surface area (Å²) in [4.78, 5) is 27.4. The predicted molar refractivity (Wildman–Crippen MR) is 79.7 cm³/mol. The molecule has 2 aliphatic rings. The Bertz CT molecular complexity index is 394. The minimum atomic E-state index is -0.617. The van der Waals surface area contributed by atoms with Crippen LogP contribution < -0.4 is 5.32 Å². The van der Waals surface area contributed by atoms with E-state index in [2.05, 4.69) is 10.2 Å². The molecule has 0 aromatic rings. The van der Waals surface area contributed by atoms with Gasteiger partial charge in [0.15, 0.2) is 0 Å². The Morgan fingerprint density at radius 2 is 2.05 bits per heavy atom. The lowest BCUT2D eigenvalue weighted by atomic mass is 9.98. The van der Waals surface area contributed by atoms with Crippen LogP contribution in [0.15, 0.2) is 0 Å². The van der Waals surface area contributed by atoms with E-state index >= 15 is 0 Å². The topological polar surface area (TPSA) is 72.9 Å². The number of likely N-dealkylation sites (N-methyl/N-ethyl adjacent to an activating group) is 1. The number of carbonyl (C=O) groups is 2. The molecule has 0 spiro atoms. The highest BCUT2D eigenvalue weighted by Crippen LogP contribution is 2.21. The lowest BCUT2D eigenvalue weighted by molar-refractivity contribution is -0.135. The summed E-state index contributed by atoms with van der Waals surface area (Å²) in [6.45, 7) is 3.85. The second-order valence-corrected chi connectivity index (χ2v) is 6.72. The van der Waals surface area contributed by atoms with E-state index in [9.17, 15) is 14.7 Å². The predicted octanol–water partition coefficient (Wildman–Crippen LogP) is -0.0397. The van der Waals surface area contributed by atoms with Crippen molar-refractivity contribution in [3.63, 3.8) is 0 Å². The molecule has 6 heteroatoms. The summed E-state index contributed by atoms with van der Waals surface area (Å²) in [5.74, 6) is -0.116. The van der Waals surface area contributed by atoms with E-state index in [1.165, 1.54) is 4.90 Å². The number of hydrogen-bond acceptors (Lipinski definition) is 4. The molecule has 120 valence electrons. The van der Waals surface area contributed by atoms with Crippen molar-refractivity contribution in [2.45, 2.75) is 50.7 Å². The maximum Gasteiger partial charge on any atom is 0.239 e. The molecule has 0 bridgehead atoms. The molecule has 2 amide bonds. The minimum Gasteiger partial charge on any atom is -0.390 e. The average molecular weight is 297 g/mol. The Morgan fingerprint density at radius 1 is 1.33 bits per heavy atom. The van der Waals surface area contributed by atoms with Crippen LogP contribution >= 0.6 is 0 Å². The Hall–Kier alpha value is -1.14. The molecule has 0 radical (unpaired) electrons. The third kappa shape index (κ3) is 5.63. The van der Waals surface area contributed by atoms with Crippen LogP contribution in [0.4, 0.5) is 0 Å². The standard InChI is InChI=1S/C15H27N3O3/c1-15(21)6-3-8-18(9-7-15)11-14(20)17(2)10-13(19)16-12-4-5-12/h12,21H,3-11H2,1-2H3,(H,16,19). The number of nitrogens with zero attached hydrogens (tertiary/aromatic N) is 2. The smallest absolute Gasteiger partial charge is 0.239 e. The number of likely N-dealkylation sites (tertiary alicyclic amines) is 1. The maximum atomic E-state index is 12.2. The first-order valence-electron chi connectivity index (χ1n) is 7.84. The largest absolute Gasteiger partial charge is 0.390 e. The van der Waals surface area contributed by atoms with Gasteiger partial charge in [0.25, 0.3) is 0 Å². The van der Waals surface area contributed by atoms with Gasteiger partial charge >= 0.3 is 0 Å². The van der Waals surface area contributed by atoms with Crippen LogP contribution in [0, 0.1) is 0 Å². The zero-order valence-corrected chi connectivity index (χ0v) is 13.1. The number of hydrogen-bond donors (Lipinski definition) is 2. The van der Waals surface area contributed by atoms with Crippen molar-refractivity contribution in [1.82, 2.24) is 15.1 Å². The monoisotopic (exact) mass is 297 g/mol. The van der Waals surface area contributed by atoms with Gasteiger partial charge in [-0.2, -0.15) is 0 Å². The van der Waals surface area contributed by atoms with Gasteiger partial charge in [-0.1, -0.05) is 0 Å². The number of amides is 2. The van der Waals surface area contributed by atoms with Crippen LogP contribution in [0.3, 0.4) is 0 Å². The maximum absolute atomic E-state index is 12.2. The molecule has 2 N–H and O–H groups in total. The summed E-state index contributed by atoms with van der Waals surface area (Å²) >= 11 is 0. The Labute approximate surface area is 126 Å². The quantitative estimate of drug-likeness (QED) is 0.747. The van der Waals surface area contributed by atoms with Crippen LogP contribution in [0.25, 0.3) is 0 Å². The van der Waals surface area contributed by atoms with Crippen LogP contribution in [0.5, 0.6) is 0 Å². The molecule has 0 aromatic carbocycles. The van der Waals surface area contributed by atoms with Crippen molar-refractivity contribution < 1.29 is 14.7 Å². The van der Waals surface area contributed by atoms with E-state index in [4.69, 9.17) is 0 Å². The van der Waals surface area contributed by atoms with E-state index in [0.29, 0.717) is 19.0 Å². The molecule has 6 nitrogen and oxygen atoms in total. The lowest BCUT2D eigenvalue weighted by Gasteiger charge is -2.24. The van der Waals surface area contributed by atoms with Gasteiger partial charge in [0.05, 0.1) is 18.7 Å². The highest BCUT2D eigenvalue weighted by Gasteiger charge is 2.27. The summed E-state index contributed by atoms with van der Waals surface area (Å²) in [6.07, 6.45) is 4.46. The van der Waals surface area contributed by atoms with Gasteiger partial charge in [-0.3, -0.25) is 14.5 Å². The van der Waals surface area contributed by atoms with Crippen molar-refractivity contribution in [2.24, 2.45) is 0 Å². The summed E-state index contributed by atoms with van der Waals surface area (Å²) < 4.78 is 0. The Morgan fingerprint density at radius 3 is 2.71 bits per heavy atom. The third-order valence-corrected chi connectivity index (χ3v) is 4.26. The van der Waals surface area contributed by atoms with Gasteiger partial charge in [0.2, 0.25) is 11.8 Å². The summed E-state index contributed by atoms with van der Waals surface area (Å²) in [5.41, 5.74) is -0.617. The molecule has 21 heavy (non-hydrogen) atoms. The first-order valence-corrected chi connectivity index (χ1v) is 7.84. The summed E-state index contributed by atoms with van der Waals surface area (Å²) in [6, 6.07) is 0.328. The average Bonchev–Trinajstić information content (AvgIpc) is 3.19. The number of rotatable bonds is 5. The summed E-state index contributed by atoms with van der Waals surface area (Å²) in [7, 11) is 1.67. The normalized spacial score (nSPS) is 27.0. The van der Waals surface area contributed by atoms with Gasteiger partial charge < -0.3 is 15.3 Å². The van der Waals surface area contributed by atoms with E-state index in [1.54, 1.807) is 7.05 Å². The molecular weight excluding hydrogens is 270 g/mol. The van der Waals surface area contributed by atoms with Gasteiger partial charge in [-0.15, -0.1) is 0 Å². The third-order valence-electron chi connectivity index (χ3n) is 4.26. The van der Waals surface area contributed by atoms with Crippen molar-refractivity contribution in [3.8, 4) is 0 Å². The molecule has 1 atom stereocenters. The second-order valence-electron chi connectivity index (χ2n) is 6.72. The number of aliphatic hydroxyl groups is 1. The Balaban J connectivity index is 1.73. The van der Waals surface area contributed by atoms with Crippen molar-refractivity contribution >= 4 is 11.8 Å². The molecule has 1 saturated carbocycles. The fourth-order valence-corrected chi connectivity index (χ4v) is 2.59. The fraction of sp³-hybridized carbons (Fsp3) is 0.867. The van der Waals surface area contributed by atoms with Crippen LogP contribution in [0.2, 0.25) is 0 Å². The van der Waals surface area contributed by atoms with Gasteiger partial charge in [-0.25, -0.2) is 0 Å². The van der Waals surface area contributed by atoms with Crippen LogP contribution in [-0.2, 0) is 9.59 Å². The van der Waals surface area contributed by atoms with Crippen LogP contribution in [-0.4, -0.2) is 71.6 Å². The van der Waals surface area contributed by atoms with Crippen molar-refractivity contribution in [2.75, 3.05) is 33.2 Å². The minimum absolute atomic E-state index is 0.0394. The van der Waals surface area contributed by atoms with E-state index < -0.39 is 5.60 Å². The van der Waals surface area contributed by atoms with Gasteiger partial charge in [0, 0.05) is 19.6 Å². The van der Waals surface area contributed by atoms with E-state index in [-0.39, 0.29) is 18.4 Å². The fourth-order valence-electron chi connectivity index (χ4n) is 2.59. The zero-order chi connectivity index (χ0) is 15.5. The van der Waals surface area contributed by atoms with Gasteiger partial charge in [-0.05, 0) is 45.6 Å². The number of nitrogens with one attached hydrogen (secondary N) is 1. The molecule has 2 fully saturated rings. The second kappa shape index (κ2) is 6.75. The Kier molecular flexibility index (Phi) is 5.22. The molecule has 1 aliphatic heterocycles. The molecule has 1 aliphatic carbocycles. The van der Waals surface area contributed by atoms with E-state index in [0.717, 1.165) is 38.8 Å². The van der Waals surface area contributed by atoms with E-state index in [1.807, 2.05) is 6.92 Å². The first-order chi connectivity index (χ1) is 9.85. The number of carbonyl (C=O) groups excluding carboxylic acids is 2.